The summed E-state index contributed by atoms with van der Waals surface area (Å²) in [5.74, 6) is 1.64. The Kier molecular flexibility index (Phi) is 5.67. The molecule has 5 rings (SSSR count). The molecule has 172 valence electrons. The van der Waals surface area contributed by atoms with Gasteiger partial charge in [0.1, 0.15) is 22.9 Å². The highest BCUT2D eigenvalue weighted by Crippen LogP contribution is 2.43. The van der Waals surface area contributed by atoms with Gasteiger partial charge in [-0.15, -0.1) is 0 Å². The molecule has 1 aliphatic rings. The molecule has 2 heterocycles. The molecule has 1 unspecified atom stereocenters. The number of aromatic hydroxyl groups is 1. The summed E-state index contributed by atoms with van der Waals surface area (Å²) >= 11 is 0. The van der Waals surface area contributed by atoms with Gasteiger partial charge in [-0.2, -0.15) is 5.10 Å². The Hall–Kier alpha value is -4.26. The van der Waals surface area contributed by atoms with E-state index < -0.39 is 0 Å². The molecule has 3 aromatic carbocycles. The van der Waals surface area contributed by atoms with Crippen molar-refractivity contribution in [1.82, 2.24) is 15.1 Å². The molecule has 0 fully saturated rings. The molecule has 0 saturated carbocycles. The number of aromatic nitrogens is 2. The maximum atomic E-state index is 13.5. The number of phenols is 1. The van der Waals surface area contributed by atoms with Crippen molar-refractivity contribution in [2.75, 3.05) is 20.8 Å². The highest BCUT2D eigenvalue weighted by molar-refractivity contribution is 6.00. The average molecular weight is 456 g/mol. The van der Waals surface area contributed by atoms with E-state index >= 15 is 0 Å². The number of ether oxygens (including phenoxy) is 2. The van der Waals surface area contributed by atoms with E-state index in [1.54, 1.807) is 26.4 Å². The molecule has 4 aromatic rings. The van der Waals surface area contributed by atoms with Gasteiger partial charge in [0.25, 0.3) is 5.91 Å². The summed E-state index contributed by atoms with van der Waals surface area (Å²) in [7, 11) is 3.27. The largest absolute Gasteiger partial charge is 0.508 e. The van der Waals surface area contributed by atoms with Gasteiger partial charge in [0.05, 0.1) is 26.0 Å². The molecular weight excluding hydrogens is 430 g/mol. The highest BCUT2D eigenvalue weighted by atomic mass is 16.5. The van der Waals surface area contributed by atoms with Crippen molar-refractivity contribution >= 4 is 5.91 Å². The minimum absolute atomic E-state index is 0.0890. The molecule has 7 nitrogen and oxygen atoms in total. The van der Waals surface area contributed by atoms with Crippen LogP contribution in [0.4, 0.5) is 0 Å². The van der Waals surface area contributed by atoms with Crippen LogP contribution in [0.25, 0.3) is 11.3 Å². The van der Waals surface area contributed by atoms with Gasteiger partial charge < -0.3 is 19.5 Å². The normalized spacial score (nSPS) is 14.8. The van der Waals surface area contributed by atoms with Crippen molar-refractivity contribution in [1.29, 1.82) is 0 Å². The lowest BCUT2D eigenvalue weighted by atomic mass is 9.96. The van der Waals surface area contributed by atoms with Crippen molar-refractivity contribution in [3.63, 3.8) is 0 Å². The molecule has 1 aliphatic heterocycles. The highest BCUT2D eigenvalue weighted by Gasteiger charge is 2.41. The van der Waals surface area contributed by atoms with Crippen LogP contribution < -0.4 is 9.47 Å². The first kappa shape index (κ1) is 21.6. The number of H-pyrrole nitrogens is 1. The fourth-order valence-corrected chi connectivity index (χ4v) is 4.44. The van der Waals surface area contributed by atoms with Crippen LogP contribution in [0.15, 0.2) is 72.8 Å². The summed E-state index contributed by atoms with van der Waals surface area (Å²) in [5.41, 5.74) is 5.00. The number of nitrogens with one attached hydrogen (secondary N) is 1. The lowest BCUT2D eigenvalue weighted by Gasteiger charge is -2.26. The Balaban J connectivity index is 1.52. The summed E-state index contributed by atoms with van der Waals surface area (Å²) in [6.07, 6.45) is 0.694. The van der Waals surface area contributed by atoms with E-state index in [9.17, 15) is 9.90 Å². The molecule has 0 saturated heterocycles. The zero-order valence-electron chi connectivity index (χ0n) is 19.0. The number of phenolic OH excluding ortho intramolecular Hbond substituents is 1. The molecule has 0 bridgehead atoms. The molecule has 1 aromatic heterocycles. The second-order valence-corrected chi connectivity index (χ2v) is 8.18. The number of benzene rings is 3. The van der Waals surface area contributed by atoms with E-state index in [4.69, 9.17) is 9.47 Å². The number of nitrogens with zero attached hydrogens (tertiary/aromatic N) is 2. The monoisotopic (exact) mass is 455 g/mol. The molecule has 34 heavy (non-hydrogen) atoms. The molecule has 1 amide bonds. The van der Waals surface area contributed by atoms with Crippen LogP contribution in [0.5, 0.6) is 17.2 Å². The van der Waals surface area contributed by atoms with Crippen LogP contribution in [0, 0.1) is 0 Å². The summed E-state index contributed by atoms with van der Waals surface area (Å²) in [6.45, 7) is 0.529. The lowest BCUT2D eigenvalue weighted by Crippen LogP contribution is -2.31. The molecule has 0 aliphatic carbocycles. The lowest BCUT2D eigenvalue weighted by molar-refractivity contribution is 0.0746. The van der Waals surface area contributed by atoms with E-state index in [2.05, 4.69) is 10.2 Å². The van der Waals surface area contributed by atoms with E-state index in [1.165, 1.54) is 0 Å². The Labute approximate surface area is 197 Å². The predicted octanol–water partition coefficient (Wildman–Crippen LogP) is 4.59. The molecule has 7 heteroatoms. The Morgan fingerprint density at radius 1 is 0.912 bits per heavy atom. The third-order valence-electron chi connectivity index (χ3n) is 6.24. The van der Waals surface area contributed by atoms with Gasteiger partial charge in [-0.3, -0.25) is 9.89 Å². The number of amides is 1. The van der Waals surface area contributed by atoms with Crippen LogP contribution in [-0.2, 0) is 6.42 Å². The van der Waals surface area contributed by atoms with Crippen molar-refractivity contribution in [2.45, 2.75) is 12.5 Å². The molecular formula is C27H25N3O4. The number of hydrogen-bond acceptors (Lipinski definition) is 5. The van der Waals surface area contributed by atoms with Crippen LogP contribution in [0.2, 0.25) is 0 Å². The van der Waals surface area contributed by atoms with E-state index in [0.717, 1.165) is 39.4 Å². The quantitative estimate of drug-likeness (QED) is 0.426. The second-order valence-electron chi connectivity index (χ2n) is 8.18. The maximum Gasteiger partial charge on any atom is 0.273 e. The van der Waals surface area contributed by atoms with Crippen LogP contribution in [0.1, 0.15) is 33.2 Å². The molecule has 2 N–H and O–H groups in total. The van der Waals surface area contributed by atoms with Gasteiger partial charge in [0.15, 0.2) is 0 Å². The Morgan fingerprint density at radius 3 is 2.15 bits per heavy atom. The van der Waals surface area contributed by atoms with Crippen LogP contribution >= 0.6 is 0 Å². The fourth-order valence-electron chi connectivity index (χ4n) is 4.44. The number of hydrogen-bond donors (Lipinski definition) is 2. The Bertz CT molecular complexity index is 1300. The number of carbonyl (C=O) groups excluding carboxylic acids is 1. The van der Waals surface area contributed by atoms with Gasteiger partial charge in [0, 0.05) is 17.7 Å². The third kappa shape index (κ3) is 3.85. The second kappa shape index (κ2) is 8.94. The van der Waals surface area contributed by atoms with Gasteiger partial charge in [-0.1, -0.05) is 24.3 Å². The zero-order chi connectivity index (χ0) is 23.7. The first-order valence-corrected chi connectivity index (χ1v) is 11.0. The van der Waals surface area contributed by atoms with Crippen LogP contribution in [0.3, 0.4) is 0 Å². The smallest absolute Gasteiger partial charge is 0.273 e. The number of rotatable bonds is 7. The maximum absolute atomic E-state index is 13.5. The first-order valence-electron chi connectivity index (χ1n) is 11.0. The van der Waals surface area contributed by atoms with Crippen molar-refractivity contribution in [3.8, 4) is 28.5 Å². The van der Waals surface area contributed by atoms with Gasteiger partial charge in [-0.25, -0.2) is 0 Å². The van der Waals surface area contributed by atoms with E-state index in [-0.39, 0.29) is 17.7 Å². The summed E-state index contributed by atoms with van der Waals surface area (Å²) in [4.78, 5) is 15.3. The fraction of sp³-hybridized carbons (Fsp3) is 0.185. The summed E-state index contributed by atoms with van der Waals surface area (Å²) < 4.78 is 10.5. The summed E-state index contributed by atoms with van der Waals surface area (Å²) in [6, 6.07) is 22.2. The minimum Gasteiger partial charge on any atom is -0.508 e. The van der Waals surface area contributed by atoms with E-state index in [0.29, 0.717) is 18.7 Å². The number of fused-ring (bicyclic) bond motifs is 1. The Morgan fingerprint density at radius 2 is 1.53 bits per heavy atom. The van der Waals surface area contributed by atoms with Crippen molar-refractivity contribution in [2.24, 2.45) is 0 Å². The SMILES string of the molecule is COc1ccc(CCN2C(=O)c3[nH]nc(-c4ccc(OC)cc4)c3C2c2ccc(O)cc2)cc1. The van der Waals surface area contributed by atoms with E-state index in [1.807, 2.05) is 65.6 Å². The van der Waals surface area contributed by atoms with Gasteiger partial charge in [-0.05, 0) is 66.1 Å². The molecule has 0 radical (unpaired) electrons. The predicted molar refractivity (Wildman–Crippen MR) is 128 cm³/mol. The molecule has 0 spiro atoms. The third-order valence-corrected chi connectivity index (χ3v) is 6.24. The number of methoxy groups -OCH3 is 2. The van der Waals surface area contributed by atoms with Crippen molar-refractivity contribution in [3.05, 3.63) is 95.2 Å². The van der Waals surface area contributed by atoms with Crippen molar-refractivity contribution < 1.29 is 19.4 Å². The number of carbonyl (C=O) groups is 1. The number of aromatic amines is 1. The van der Waals surface area contributed by atoms with Gasteiger partial charge >= 0.3 is 0 Å². The topological polar surface area (TPSA) is 87.7 Å². The minimum atomic E-state index is -0.322. The standard InChI is InChI=1S/C27H25N3O4/c1-33-21-11-3-17(4-12-21)15-16-30-26(19-5-9-20(31)10-6-19)23-24(28-29-25(23)27(30)32)18-7-13-22(34-2)14-8-18/h3-14,26,31H,15-16H2,1-2H3,(H,28,29). The summed E-state index contributed by atoms with van der Waals surface area (Å²) in [5, 5.41) is 17.3. The van der Waals surface area contributed by atoms with Crippen LogP contribution in [-0.4, -0.2) is 46.9 Å². The molecule has 1 atom stereocenters. The average Bonchev–Trinajstić information content (AvgIpc) is 3.42. The first-order chi connectivity index (χ1) is 16.6. The van der Waals surface area contributed by atoms with Gasteiger partial charge in [0.2, 0.25) is 0 Å². The zero-order valence-corrected chi connectivity index (χ0v) is 19.0.